The van der Waals surface area contributed by atoms with Crippen molar-refractivity contribution in [1.29, 1.82) is 0 Å². The first-order chi connectivity index (χ1) is 40.7. The molecule has 0 amide bonds. The maximum Gasteiger partial charge on any atom is 0.220 e. The van der Waals surface area contributed by atoms with E-state index in [2.05, 4.69) is 370 Å². The molecular formula is C66H54N12P4. The van der Waals surface area contributed by atoms with Gasteiger partial charge in [0.1, 0.15) is 0 Å². The van der Waals surface area contributed by atoms with Crippen LogP contribution in [0.25, 0.3) is 43.6 Å². The van der Waals surface area contributed by atoms with Crippen LogP contribution in [0.2, 0.25) is 0 Å². The van der Waals surface area contributed by atoms with Crippen LogP contribution in [0.5, 0.6) is 0 Å². The lowest BCUT2D eigenvalue weighted by atomic mass is 9.73. The first-order valence-corrected chi connectivity index (χ1v) is 32.2. The highest BCUT2D eigenvalue weighted by molar-refractivity contribution is 7.54. The molecule has 0 aliphatic rings. The number of benzene rings is 4. The van der Waals surface area contributed by atoms with Gasteiger partial charge in [-0.15, -0.1) is 0 Å². The highest BCUT2D eigenvalue weighted by Crippen LogP contribution is 2.58. The quantitative estimate of drug-likeness (QED) is 0.0816. The number of hydrogen-bond acceptors (Lipinski definition) is 0. The molecule has 12 aromatic heterocycles. The van der Waals surface area contributed by atoms with Gasteiger partial charge in [0.05, 0.1) is 22.1 Å². The Morgan fingerprint density at radius 1 is 0.195 bits per heavy atom. The summed E-state index contributed by atoms with van der Waals surface area (Å²) in [5.74, 6) is -0.552. The fourth-order valence-electron chi connectivity index (χ4n) is 12.3. The van der Waals surface area contributed by atoms with Crippen molar-refractivity contribution in [2.24, 2.45) is 0 Å². The second-order valence-corrected chi connectivity index (χ2v) is 27.9. The van der Waals surface area contributed by atoms with E-state index in [1.54, 1.807) is 0 Å². The van der Waals surface area contributed by atoms with Gasteiger partial charge in [0.15, 0.2) is 0 Å². The first kappa shape index (κ1) is 48.9. The van der Waals surface area contributed by atoms with E-state index in [9.17, 15) is 0 Å². The zero-order valence-electron chi connectivity index (χ0n) is 44.3. The molecule has 0 fully saturated rings. The fourth-order valence-corrected chi connectivity index (χ4v) is 20.6. The summed E-state index contributed by atoms with van der Waals surface area (Å²) in [5.41, 5.74) is 9.74. The first-order valence-electron chi connectivity index (χ1n) is 27.4. The lowest BCUT2D eigenvalue weighted by molar-refractivity contribution is 0.709. The summed E-state index contributed by atoms with van der Waals surface area (Å²) in [6.07, 6.45) is 45.5. The van der Waals surface area contributed by atoms with Crippen molar-refractivity contribution in [3.05, 3.63) is 340 Å². The van der Waals surface area contributed by atoms with Crippen molar-refractivity contribution in [3.63, 3.8) is 0 Å². The van der Waals surface area contributed by atoms with Gasteiger partial charge in [-0.2, -0.15) is 0 Å². The van der Waals surface area contributed by atoms with E-state index in [-0.39, 0.29) is 11.8 Å². The molecule has 0 aliphatic heterocycles. The molecule has 0 atom stereocenters. The normalized spacial score (nSPS) is 12.3. The van der Waals surface area contributed by atoms with Crippen molar-refractivity contribution in [1.82, 2.24) is 52.1 Å². The van der Waals surface area contributed by atoms with Crippen molar-refractivity contribution in [2.45, 2.75) is 11.8 Å². The number of hydrogen-bond donors (Lipinski definition) is 0. The van der Waals surface area contributed by atoms with E-state index in [1.165, 1.54) is 65.9 Å². The second kappa shape index (κ2) is 20.5. The largest absolute Gasteiger partial charge is 0.298 e. The predicted octanol–water partition coefficient (Wildman–Crippen LogP) is 17.6. The molecule has 12 heterocycles. The molecule has 0 radical (unpaired) electrons. The molecule has 0 spiro atoms. The summed E-state index contributed by atoms with van der Waals surface area (Å²) in [4.78, 5) is 0. The highest BCUT2D eigenvalue weighted by atomic mass is 31.2. The molecule has 16 aromatic rings. The lowest BCUT2D eigenvalue weighted by Gasteiger charge is -2.29. The van der Waals surface area contributed by atoms with Crippen LogP contribution in [-0.2, 0) is 0 Å². The third-order valence-corrected chi connectivity index (χ3v) is 24.0. The fraction of sp³-hybridized carbons (Fsp3) is 0.0303. The molecule has 0 saturated heterocycles. The van der Waals surface area contributed by atoms with Gasteiger partial charge in [0, 0.05) is 157 Å². The summed E-state index contributed by atoms with van der Waals surface area (Å²) >= 11 is 0. The van der Waals surface area contributed by atoms with E-state index in [0.29, 0.717) is 0 Å². The van der Waals surface area contributed by atoms with Gasteiger partial charge in [-0.1, -0.05) is 72.8 Å². The van der Waals surface area contributed by atoms with E-state index in [4.69, 9.17) is 0 Å². The maximum atomic E-state index is 2.57. The van der Waals surface area contributed by atoms with Gasteiger partial charge in [-0.05, 0) is 144 Å². The third-order valence-electron chi connectivity index (χ3n) is 15.7. The van der Waals surface area contributed by atoms with Crippen molar-refractivity contribution in [2.75, 3.05) is 0 Å². The number of rotatable bonds is 17. The molecule has 398 valence electrons. The molecule has 0 aliphatic carbocycles. The van der Waals surface area contributed by atoms with Crippen molar-refractivity contribution in [3.8, 4) is 0 Å². The number of fused-ring (bicyclic) bond motifs is 4. The van der Waals surface area contributed by atoms with Gasteiger partial charge in [0.25, 0.3) is 0 Å². The summed E-state index contributed by atoms with van der Waals surface area (Å²) in [6.45, 7) is 0. The highest BCUT2D eigenvalue weighted by Gasteiger charge is 2.39. The number of para-hydroxylation sites is 4. The molecule has 16 heteroatoms. The Balaban J connectivity index is 1.06. The van der Waals surface area contributed by atoms with Crippen molar-refractivity contribution < 1.29 is 0 Å². The average molecular weight is 1140 g/mol. The number of nitrogens with zero attached hydrogens (tertiary/aromatic N) is 12. The minimum atomic E-state index is -1.18. The minimum absolute atomic E-state index is 0.276. The zero-order valence-corrected chi connectivity index (χ0v) is 47.9. The van der Waals surface area contributed by atoms with E-state index in [1.807, 2.05) is 0 Å². The van der Waals surface area contributed by atoms with Crippen LogP contribution in [0, 0.1) is 0 Å². The standard InChI is InChI=1S/C66H54N12P4/c1-5-29-61-53(25-1)57(49-75(61)79(67-33-9-10-34-67)68-35-11-12-36-68)65(58-50-76(62-30-6-2-26-54(58)62)80(69-37-13-14-38-69)70-39-15-16-40-70)66(59-51-77(63-31-7-3-27-55(59)63)81(71-41-17-18-42-71)72-43-19-20-44-72)60-52-78(64-32-8-4-28-56(60)64)82(73-45-21-22-46-73)74-47-23-24-48-74/h1-52,65-66H. The van der Waals surface area contributed by atoms with Gasteiger partial charge < -0.3 is 0 Å². The Morgan fingerprint density at radius 2 is 0.354 bits per heavy atom. The topological polar surface area (TPSA) is 59.2 Å². The van der Waals surface area contributed by atoms with Gasteiger partial charge >= 0.3 is 0 Å². The van der Waals surface area contributed by atoms with Crippen LogP contribution in [0.4, 0.5) is 0 Å². The molecule has 0 N–H and O–H groups in total. The smallest absolute Gasteiger partial charge is 0.220 e. The molecule has 4 aromatic carbocycles. The molecule has 0 unspecified atom stereocenters. The summed E-state index contributed by atoms with van der Waals surface area (Å²) in [6, 6.07) is 70.9. The molecule has 82 heavy (non-hydrogen) atoms. The van der Waals surface area contributed by atoms with Crippen LogP contribution in [0.15, 0.2) is 318 Å². The Bertz CT molecular complexity index is 3990. The van der Waals surface area contributed by atoms with E-state index >= 15 is 0 Å². The monoisotopic (exact) mass is 1140 g/mol. The van der Waals surface area contributed by atoms with Gasteiger partial charge in [0.2, 0.25) is 33.5 Å². The zero-order chi connectivity index (χ0) is 54.1. The Labute approximate surface area is 478 Å². The maximum absolute atomic E-state index is 2.57. The molecule has 0 bridgehead atoms. The third kappa shape index (κ3) is 8.12. The Kier molecular flexibility index (Phi) is 12.2. The van der Waals surface area contributed by atoms with Crippen molar-refractivity contribution >= 4 is 77.1 Å². The summed E-state index contributed by atoms with van der Waals surface area (Å²) in [5, 5.41) is 4.87. The van der Waals surface area contributed by atoms with Crippen LogP contribution in [0.3, 0.4) is 0 Å². The van der Waals surface area contributed by atoms with Gasteiger partial charge in [-0.25, -0.2) is 0 Å². The van der Waals surface area contributed by atoms with E-state index in [0.717, 1.165) is 0 Å². The summed E-state index contributed by atoms with van der Waals surface area (Å²) in [7, 11) is -4.74. The number of aromatic nitrogens is 12. The van der Waals surface area contributed by atoms with Crippen LogP contribution in [-0.4, -0.2) is 52.1 Å². The molecule has 0 saturated carbocycles. The minimum Gasteiger partial charge on any atom is -0.298 e. The molecular weight excluding hydrogens is 1080 g/mol. The predicted molar refractivity (Wildman–Crippen MR) is 339 cm³/mol. The van der Waals surface area contributed by atoms with Crippen LogP contribution < -0.4 is 0 Å². The SMILES string of the molecule is c1ccc2c(c1)c(C(c1cn(P(n3cccc3)n3cccc3)c3ccccc13)C(c1cn(P(n3cccc3)n3cccc3)c3ccccc13)c1cn(P(n3cccc3)n3cccc3)c3ccccc13)cn2P(n1cccc1)n1cccc1. The molecule has 16 rings (SSSR count). The van der Waals surface area contributed by atoms with Crippen LogP contribution in [0.1, 0.15) is 34.1 Å². The second-order valence-electron chi connectivity index (χ2n) is 20.3. The Morgan fingerprint density at radius 3 is 0.524 bits per heavy atom. The lowest BCUT2D eigenvalue weighted by Crippen LogP contribution is -2.15. The molecule has 12 nitrogen and oxygen atoms in total. The van der Waals surface area contributed by atoms with Crippen LogP contribution >= 0.6 is 33.5 Å². The summed E-state index contributed by atoms with van der Waals surface area (Å²) < 4.78 is 29.3. The average Bonchev–Trinajstić information content (AvgIpc) is 3.97. The van der Waals surface area contributed by atoms with Gasteiger partial charge in [-0.3, -0.25) is 52.1 Å². The Hall–Kier alpha value is -9.00. The van der Waals surface area contributed by atoms with E-state index < -0.39 is 33.5 Å².